The smallest absolute Gasteiger partial charge is 0.0602 e. The number of rotatable bonds is 5. The maximum Gasteiger partial charge on any atom is 0.0602 e. The SMILES string of the molecule is C=C=CC=NC/C(=C\C=C(/C)Cl)CC. The van der Waals surface area contributed by atoms with Crippen LogP contribution in [0.1, 0.15) is 20.3 Å². The van der Waals surface area contributed by atoms with Crippen LogP contribution in [0, 0.1) is 0 Å². The quantitative estimate of drug-likeness (QED) is 0.370. The molecule has 76 valence electrons. The van der Waals surface area contributed by atoms with Crippen molar-refractivity contribution in [2.45, 2.75) is 20.3 Å². The van der Waals surface area contributed by atoms with E-state index < -0.39 is 0 Å². The zero-order chi connectivity index (χ0) is 10.8. The molecule has 1 nitrogen and oxygen atoms in total. The van der Waals surface area contributed by atoms with Crippen LogP contribution in [-0.2, 0) is 0 Å². The second-order valence-corrected chi connectivity index (χ2v) is 3.39. The number of aliphatic imine (C=N–C) groups is 1. The van der Waals surface area contributed by atoms with E-state index in [0.29, 0.717) is 6.54 Å². The first-order valence-electron chi connectivity index (χ1n) is 4.56. The standard InChI is InChI=1S/C12H16ClN/c1-4-6-9-14-10-12(5-2)8-7-11(3)13/h6-9H,1,5,10H2,2-3H3/b11-7+,12-8-,14-9?. The third-order valence-electron chi connectivity index (χ3n) is 1.59. The van der Waals surface area contributed by atoms with Crippen molar-refractivity contribution in [2.24, 2.45) is 4.99 Å². The minimum Gasteiger partial charge on any atom is -0.288 e. The van der Waals surface area contributed by atoms with E-state index >= 15 is 0 Å². The summed E-state index contributed by atoms with van der Waals surface area (Å²) in [4.78, 5) is 4.19. The average Bonchev–Trinajstić information content (AvgIpc) is 2.16. The second-order valence-electron chi connectivity index (χ2n) is 2.79. The fourth-order valence-corrected chi connectivity index (χ4v) is 0.853. The van der Waals surface area contributed by atoms with E-state index in [1.807, 2.05) is 19.1 Å². The molecule has 0 aromatic heterocycles. The van der Waals surface area contributed by atoms with Crippen molar-refractivity contribution in [3.8, 4) is 0 Å². The Bertz CT molecular complexity index is 287. The van der Waals surface area contributed by atoms with Crippen LogP contribution in [0.3, 0.4) is 0 Å². The van der Waals surface area contributed by atoms with Crippen molar-refractivity contribution in [1.82, 2.24) is 0 Å². The Morgan fingerprint density at radius 2 is 2.21 bits per heavy atom. The summed E-state index contributed by atoms with van der Waals surface area (Å²) in [5.74, 6) is 0. The highest BCUT2D eigenvalue weighted by Crippen LogP contribution is 2.05. The molecule has 0 aliphatic carbocycles. The number of hydrogen-bond acceptors (Lipinski definition) is 1. The molecule has 0 aromatic carbocycles. The second kappa shape index (κ2) is 8.55. The van der Waals surface area contributed by atoms with Gasteiger partial charge < -0.3 is 0 Å². The fourth-order valence-electron chi connectivity index (χ4n) is 0.790. The molecule has 0 aromatic rings. The predicted molar refractivity (Wildman–Crippen MR) is 65.1 cm³/mol. The summed E-state index contributed by atoms with van der Waals surface area (Å²) < 4.78 is 0. The minimum atomic E-state index is 0.704. The molecule has 0 heterocycles. The van der Waals surface area contributed by atoms with Gasteiger partial charge in [-0.05, 0) is 31.1 Å². The predicted octanol–water partition coefficient (Wildman–Crippen LogP) is 3.88. The minimum absolute atomic E-state index is 0.704. The summed E-state index contributed by atoms with van der Waals surface area (Å²) in [6, 6.07) is 0. The molecular weight excluding hydrogens is 194 g/mol. The summed E-state index contributed by atoms with van der Waals surface area (Å²) in [5.41, 5.74) is 3.88. The molecule has 0 unspecified atom stereocenters. The molecule has 0 atom stereocenters. The number of allylic oxidation sites excluding steroid dienone is 4. The molecule has 0 aliphatic rings. The van der Waals surface area contributed by atoms with E-state index in [2.05, 4.69) is 24.2 Å². The first-order valence-corrected chi connectivity index (χ1v) is 4.94. The van der Waals surface area contributed by atoms with Gasteiger partial charge in [0.2, 0.25) is 0 Å². The van der Waals surface area contributed by atoms with Crippen LogP contribution in [0.4, 0.5) is 0 Å². The molecule has 0 fully saturated rings. The van der Waals surface area contributed by atoms with Crippen LogP contribution in [0.25, 0.3) is 0 Å². The molecule has 0 aliphatic heterocycles. The summed E-state index contributed by atoms with van der Waals surface area (Å²) in [7, 11) is 0. The van der Waals surface area contributed by atoms with E-state index in [9.17, 15) is 0 Å². The van der Waals surface area contributed by atoms with E-state index in [-0.39, 0.29) is 0 Å². The number of halogens is 1. The summed E-state index contributed by atoms with van der Waals surface area (Å²) in [5, 5.41) is 0.783. The van der Waals surface area contributed by atoms with Crippen LogP contribution >= 0.6 is 11.6 Å². The van der Waals surface area contributed by atoms with Crippen molar-refractivity contribution < 1.29 is 0 Å². The van der Waals surface area contributed by atoms with Gasteiger partial charge >= 0.3 is 0 Å². The van der Waals surface area contributed by atoms with Crippen LogP contribution in [0.15, 0.2) is 46.1 Å². The van der Waals surface area contributed by atoms with Gasteiger partial charge in [-0.15, -0.1) is 5.73 Å². The largest absolute Gasteiger partial charge is 0.288 e. The van der Waals surface area contributed by atoms with Gasteiger partial charge in [0.05, 0.1) is 6.54 Å². The lowest BCUT2D eigenvalue weighted by Crippen LogP contribution is -1.86. The van der Waals surface area contributed by atoms with Crippen LogP contribution in [0.5, 0.6) is 0 Å². The molecule has 0 radical (unpaired) electrons. The molecule has 0 rings (SSSR count). The first-order chi connectivity index (χ1) is 6.70. The lowest BCUT2D eigenvalue weighted by atomic mass is 10.2. The Morgan fingerprint density at radius 1 is 1.50 bits per heavy atom. The Labute approximate surface area is 91.2 Å². The first kappa shape index (κ1) is 13.0. The van der Waals surface area contributed by atoms with Crippen LogP contribution in [0.2, 0.25) is 0 Å². The highest BCUT2D eigenvalue weighted by molar-refractivity contribution is 6.29. The van der Waals surface area contributed by atoms with Gasteiger partial charge in [0.25, 0.3) is 0 Å². The van der Waals surface area contributed by atoms with E-state index in [4.69, 9.17) is 11.6 Å². The number of nitrogens with zero attached hydrogens (tertiary/aromatic N) is 1. The number of hydrogen-bond donors (Lipinski definition) is 0. The highest BCUT2D eigenvalue weighted by atomic mass is 35.5. The van der Waals surface area contributed by atoms with Gasteiger partial charge in [0.15, 0.2) is 0 Å². The normalized spacial score (nSPS) is 13.1. The third-order valence-corrected chi connectivity index (χ3v) is 1.72. The maximum absolute atomic E-state index is 5.72. The average molecular weight is 210 g/mol. The van der Waals surface area contributed by atoms with Gasteiger partial charge in [-0.1, -0.05) is 31.2 Å². The molecule has 0 saturated heterocycles. The van der Waals surface area contributed by atoms with Crippen molar-refractivity contribution in [3.05, 3.63) is 41.1 Å². The third kappa shape index (κ3) is 7.60. The fraction of sp³-hybridized carbons (Fsp3) is 0.333. The molecule has 2 heteroatoms. The Hall–Kier alpha value is -1.04. The van der Waals surface area contributed by atoms with E-state index in [0.717, 1.165) is 11.5 Å². The Morgan fingerprint density at radius 3 is 2.71 bits per heavy atom. The van der Waals surface area contributed by atoms with Crippen molar-refractivity contribution >= 4 is 17.8 Å². The van der Waals surface area contributed by atoms with Crippen LogP contribution < -0.4 is 0 Å². The monoisotopic (exact) mass is 209 g/mol. The van der Waals surface area contributed by atoms with Crippen molar-refractivity contribution in [3.63, 3.8) is 0 Å². The molecule has 0 saturated carbocycles. The zero-order valence-corrected chi connectivity index (χ0v) is 9.51. The Kier molecular flexibility index (Phi) is 7.92. The van der Waals surface area contributed by atoms with Crippen molar-refractivity contribution in [1.29, 1.82) is 0 Å². The van der Waals surface area contributed by atoms with Gasteiger partial charge in [-0.25, -0.2) is 0 Å². The molecule has 0 bridgehead atoms. The van der Waals surface area contributed by atoms with E-state index in [1.165, 1.54) is 5.57 Å². The van der Waals surface area contributed by atoms with Gasteiger partial charge in [-0.3, -0.25) is 4.99 Å². The molecule has 0 amide bonds. The van der Waals surface area contributed by atoms with Crippen LogP contribution in [-0.4, -0.2) is 12.8 Å². The Balaban J connectivity index is 4.22. The van der Waals surface area contributed by atoms with Gasteiger partial charge in [-0.2, -0.15) is 0 Å². The zero-order valence-electron chi connectivity index (χ0n) is 8.76. The summed E-state index contributed by atoms with van der Waals surface area (Å²) >= 11 is 5.72. The summed E-state index contributed by atoms with van der Waals surface area (Å²) in [6.07, 6.45) is 8.27. The highest BCUT2D eigenvalue weighted by Gasteiger charge is 1.89. The maximum atomic E-state index is 5.72. The topological polar surface area (TPSA) is 12.4 Å². The van der Waals surface area contributed by atoms with Gasteiger partial charge in [0.1, 0.15) is 0 Å². The lowest BCUT2D eigenvalue weighted by molar-refractivity contribution is 1.01. The van der Waals surface area contributed by atoms with Gasteiger partial charge in [0, 0.05) is 11.2 Å². The molecule has 0 spiro atoms. The lowest BCUT2D eigenvalue weighted by Gasteiger charge is -1.97. The molecular formula is C12H16ClN. The molecule has 0 N–H and O–H groups in total. The summed E-state index contributed by atoms with van der Waals surface area (Å²) in [6.45, 7) is 8.10. The van der Waals surface area contributed by atoms with Crippen molar-refractivity contribution in [2.75, 3.05) is 6.54 Å². The van der Waals surface area contributed by atoms with E-state index in [1.54, 1.807) is 12.3 Å². The molecule has 14 heavy (non-hydrogen) atoms.